The molecule has 0 fully saturated rings. The van der Waals surface area contributed by atoms with Gasteiger partial charge in [-0.1, -0.05) is 23.7 Å². The number of anilines is 2. The van der Waals surface area contributed by atoms with Gasteiger partial charge in [0.1, 0.15) is 11.5 Å². The molecule has 0 spiro atoms. The second-order valence-corrected chi connectivity index (χ2v) is 8.00. The number of amides is 2. The van der Waals surface area contributed by atoms with Crippen molar-refractivity contribution in [2.75, 3.05) is 17.2 Å². The molecule has 0 aliphatic heterocycles. The van der Waals surface area contributed by atoms with Gasteiger partial charge in [0, 0.05) is 29.2 Å². The van der Waals surface area contributed by atoms with Gasteiger partial charge in [-0.05, 0) is 79.6 Å². The average molecular weight is 481 g/mol. The van der Waals surface area contributed by atoms with Gasteiger partial charge >= 0.3 is 5.97 Å². The molecule has 0 saturated carbocycles. The Balaban J connectivity index is 1.32. The second-order valence-electron chi connectivity index (χ2n) is 7.56. The van der Waals surface area contributed by atoms with Crippen LogP contribution in [0.5, 0.6) is 11.5 Å². The third-order valence-electron chi connectivity index (χ3n) is 4.64. The second kappa shape index (κ2) is 12.4. The monoisotopic (exact) mass is 480 g/mol. The van der Waals surface area contributed by atoms with Crippen LogP contribution in [0.25, 0.3) is 0 Å². The molecule has 0 atom stereocenters. The maximum Gasteiger partial charge on any atom is 0.306 e. The van der Waals surface area contributed by atoms with E-state index in [-0.39, 0.29) is 25.4 Å². The highest BCUT2D eigenvalue weighted by Gasteiger charge is 2.10. The summed E-state index contributed by atoms with van der Waals surface area (Å²) < 4.78 is 10.7. The van der Waals surface area contributed by atoms with Crippen molar-refractivity contribution in [1.29, 1.82) is 0 Å². The molecule has 0 heterocycles. The molecule has 8 heteroatoms. The number of rotatable bonds is 10. The quantitative estimate of drug-likeness (QED) is 0.361. The minimum Gasteiger partial charge on any atom is -0.457 e. The highest BCUT2D eigenvalue weighted by atomic mass is 35.5. The Kier molecular flexibility index (Phi) is 9.05. The summed E-state index contributed by atoms with van der Waals surface area (Å²) in [6.45, 7) is 1.54. The van der Waals surface area contributed by atoms with Crippen molar-refractivity contribution in [1.82, 2.24) is 0 Å². The maximum absolute atomic E-state index is 12.1. The van der Waals surface area contributed by atoms with E-state index in [1.807, 2.05) is 25.1 Å². The van der Waals surface area contributed by atoms with E-state index in [2.05, 4.69) is 10.6 Å². The van der Waals surface area contributed by atoms with E-state index in [1.165, 1.54) is 0 Å². The number of esters is 1. The van der Waals surface area contributed by atoms with Gasteiger partial charge in [0.15, 0.2) is 6.61 Å². The number of carbonyl (C=O) groups excluding carboxylic acids is 3. The minimum absolute atomic E-state index is 0.0407. The molecule has 0 unspecified atom stereocenters. The van der Waals surface area contributed by atoms with Gasteiger partial charge < -0.3 is 20.1 Å². The van der Waals surface area contributed by atoms with Gasteiger partial charge in [0.2, 0.25) is 5.91 Å². The van der Waals surface area contributed by atoms with Gasteiger partial charge in [-0.25, -0.2) is 0 Å². The molecule has 0 aliphatic carbocycles. The van der Waals surface area contributed by atoms with Crippen LogP contribution in [0.4, 0.5) is 11.4 Å². The normalized spacial score (nSPS) is 10.3. The van der Waals surface area contributed by atoms with E-state index in [4.69, 9.17) is 21.1 Å². The standard InChI is InChI=1S/C26H25ClN2O5/c1-18-4-2-5-21(16-18)29-25(31)17-33-26(32)7-3-6-24(30)28-20-10-14-23(15-11-20)34-22-12-8-19(27)9-13-22/h2,4-5,8-16H,3,6-7,17H2,1H3,(H,28,30)(H,29,31). The fraction of sp³-hybridized carbons (Fsp3) is 0.192. The molecule has 176 valence electrons. The van der Waals surface area contributed by atoms with Gasteiger partial charge in [0.25, 0.3) is 5.91 Å². The van der Waals surface area contributed by atoms with Crippen LogP contribution < -0.4 is 15.4 Å². The van der Waals surface area contributed by atoms with Crippen molar-refractivity contribution in [3.63, 3.8) is 0 Å². The topological polar surface area (TPSA) is 93.7 Å². The fourth-order valence-corrected chi connectivity index (χ4v) is 3.13. The molecule has 0 bridgehead atoms. The Bertz CT molecular complexity index is 1130. The maximum atomic E-state index is 12.1. The summed E-state index contributed by atoms with van der Waals surface area (Å²) >= 11 is 5.86. The third-order valence-corrected chi connectivity index (χ3v) is 4.89. The van der Waals surface area contributed by atoms with E-state index in [0.29, 0.717) is 34.3 Å². The van der Waals surface area contributed by atoms with Gasteiger partial charge in [0.05, 0.1) is 0 Å². The van der Waals surface area contributed by atoms with Crippen molar-refractivity contribution in [2.45, 2.75) is 26.2 Å². The van der Waals surface area contributed by atoms with Crippen molar-refractivity contribution in [3.05, 3.63) is 83.4 Å². The first-order valence-electron chi connectivity index (χ1n) is 10.7. The molecule has 7 nitrogen and oxygen atoms in total. The van der Waals surface area contributed by atoms with Crippen LogP contribution in [-0.2, 0) is 19.1 Å². The van der Waals surface area contributed by atoms with Crippen molar-refractivity contribution in [3.8, 4) is 11.5 Å². The van der Waals surface area contributed by atoms with Crippen LogP contribution in [0.3, 0.4) is 0 Å². The lowest BCUT2D eigenvalue weighted by Gasteiger charge is -2.09. The van der Waals surface area contributed by atoms with Crippen LogP contribution in [0.15, 0.2) is 72.8 Å². The van der Waals surface area contributed by atoms with Gasteiger partial charge in [-0.3, -0.25) is 14.4 Å². The fourth-order valence-electron chi connectivity index (χ4n) is 3.00. The first-order valence-corrected chi connectivity index (χ1v) is 11.1. The lowest BCUT2D eigenvalue weighted by Crippen LogP contribution is -2.21. The van der Waals surface area contributed by atoms with Crippen LogP contribution in [0, 0.1) is 6.92 Å². The predicted octanol–water partition coefficient (Wildman–Crippen LogP) is 5.73. The van der Waals surface area contributed by atoms with E-state index >= 15 is 0 Å². The van der Waals surface area contributed by atoms with Gasteiger partial charge in [-0.2, -0.15) is 0 Å². The summed E-state index contributed by atoms with van der Waals surface area (Å²) in [6.07, 6.45) is 0.495. The predicted molar refractivity (Wildman–Crippen MR) is 131 cm³/mol. The van der Waals surface area contributed by atoms with Crippen LogP contribution >= 0.6 is 11.6 Å². The molecule has 3 rings (SSSR count). The molecule has 34 heavy (non-hydrogen) atoms. The smallest absolute Gasteiger partial charge is 0.306 e. The average Bonchev–Trinajstić information content (AvgIpc) is 2.80. The number of hydrogen-bond acceptors (Lipinski definition) is 5. The lowest BCUT2D eigenvalue weighted by atomic mass is 10.2. The lowest BCUT2D eigenvalue weighted by molar-refractivity contribution is -0.147. The molecule has 2 amide bonds. The Morgan fingerprint density at radius 1 is 0.794 bits per heavy atom. The largest absolute Gasteiger partial charge is 0.457 e. The summed E-state index contributed by atoms with van der Waals surface area (Å²) in [7, 11) is 0. The number of hydrogen-bond donors (Lipinski definition) is 2. The molecule has 0 saturated heterocycles. The molecular weight excluding hydrogens is 456 g/mol. The van der Waals surface area contributed by atoms with Crippen molar-refractivity contribution < 1.29 is 23.9 Å². The number of nitrogens with one attached hydrogen (secondary N) is 2. The van der Waals surface area contributed by atoms with Crippen molar-refractivity contribution >= 4 is 40.8 Å². The number of benzene rings is 3. The Morgan fingerprint density at radius 3 is 2.12 bits per heavy atom. The summed E-state index contributed by atoms with van der Waals surface area (Å²) in [5, 5.41) is 6.06. The Hall–Kier alpha value is -3.84. The van der Waals surface area contributed by atoms with E-state index < -0.39 is 11.9 Å². The molecule has 0 aliphatic rings. The SMILES string of the molecule is Cc1cccc(NC(=O)COC(=O)CCCC(=O)Nc2ccc(Oc3ccc(Cl)cc3)cc2)c1. The number of ether oxygens (including phenoxy) is 2. The van der Waals surface area contributed by atoms with E-state index in [1.54, 1.807) is 54.6 Å². The minimum atomic E-state index is -0.532. The number of halogens is 1. The van der Waals surface area contributed by atoms with Crippen LogP contribution in [0.2, 0.25) is 5.02 Å². The van der Waals surface area contributed by atoms with Crippen LogP contribution in [0.1, 0.15) is 24.8 Å². The summed E-state index contributed by atoms with van der Waals surface area (Å²) in [4.78, 5) is 35.9. The zero-order valence-corrected chi connectivity index (χ0v) is 19.4. The zero-order valence-electron chi connectivity index (χ0n) is 18.7. The zero-order chi connectivity index (χ0) is 24.3. The molecule has 0 aromatic heterocycles. The summed E-state index contributed by atoms with van der Waals surface area (Å²) in [6, 6.07) is 21.2. The highest BCUT2D eigenvalue weighted by Crippen LogP contribution is 2.24. The molecular formula is C26H25ClN2O5. The van der Waals surface area contributed by atoms with Crippen LogP contribution in [-0.4, -0.2) is 24.4 Å². The first-order chi connectivity index (χ1) is 16.4. The molecule has 3 aromatic carbocycles. The number of aryl methyl sites for hydroxylation is 1. The molecule has 0 radical (unpaired) electrons. The van der Waals surface area contributed by atoms with Crippen molar-refractivity contribution in [2.24, 2.45) is 0 Å². The van der Waals surface area contributed by atoms with E-state index in [0.717, 1.165) is 5.56 Å². The van der Waals surface area contributed by atoms with E-state index in [9.17, 15) is 14.4 Å². The number of carbonyl (C=O) groups is 3. The van der Waals surface area contributed by atoms with Gasteiger partial charge in [-0.15, -0.1) is 0 Å². The first kappa shape index (κ1) is 24.8. The highest BCUT2D eigenvalue weighted by molar-refractivity contribution is 6.30. The molecule has 2 N–H and O–H groups in total. The Morgan fingerprint density at radius 2 is 1.44 bits per heavy atom. The Labute approximate surface area is 203 Å². The summed E-state index contributed by atoms with van der Waals surface area (Å²) in [5.74, 6) is 0.0997. The molecule has 3 aromatic rings. The summed E-state index contributed by atoms with van der Waals surface area (Å²) in [5.41, 5.74) is 2.27. The third kappa shape index (κ3) is 8.60.